The molecule has 0 saturated heterocycles. The van der Waals surface area contributed by atoms with Crippen molar-refractivity contribution in [2.75, 3.05) is 7.11 Å². The van der Waals surface area contributed by atoms with Crippen LogP contribution in [0.15, 0.2) is 24.3 Å². The summed E-state index contributed by atoms with van der Waals surface area (Å²) in [7, 11) is 3.73. The van der Waals surface area contributed by atoms with Gasteiger partial charge in [0, 0.05) is 35.6 Å². The molecule has 0 aliphatic heterocycles. The van der Waals surface area contributed by atoms with Crippen molar-refractivity contribution in [3.63, 3.8) is 0 Å². The number of Topliss-reactive ketones (excluding diaryl/α,β-unsaturated/α-hetero) is 1. The number of fused-ring (bicyclic) bond motifs is 3. The van der Waals surface area contributed by atoms with E-state index in [1.165, 1.54) is 16.1 Å². The fraction of sp³-hybridized carbons (Fsp3) is 0.353. The molecule has 0 spiro atoms. The fourth-order valence-corrected chi connectivity index (χ4v) is 3.46. The molecule has 2 atom stereocenters. The Bertz CT molecular complexity index is 813. The van der Waals surface area contributed by atoms with Crippen LogP contribution in [-0.4, -0.2) is 23.6 Å². The van der Waals surface area contributed by atoms with Crippen LogP contribution in [-0.2, 0) is 16.6 Å². The summed E-state index contributed by atoms with van der Waals surface area (Å²) in [6.07, 6.45) is 1.92. The molecule has 3 heteroatoms. The van der Waals surface area contributed by atoms with Gasteiger partial charge in [-0.15, -0.1) is 0 Å². The maximum atomic E-state index is 12.0. The molecule has 3 nitrogen and oxygen atoms in total. The van der Waals surface area contributed by atoms with Crippen molar-refractivity contribution in [1.29, 1.82) is 0 Å². The summed E-state index contributed by atoms with van der Waals surface area (Å²) in [4.78, 5) is 12.0. The Morgan fingerprint density at radius 1 is 1.30 bits per heavy atom. The number of carbonyl (C=O) groups excluding carboxylic acids is 1. The molecule has 0 fully saturated rings. The third kappa shape index (κ3) is 1.66. The number of para-hydroxylation sites is 1. The van der Waals surface area contributed by atoms with E-state index in [-0.39, 0.29) is 17.8 Å². The first-order valence-corrected chi connectivity index (χ1v) is 6.85. The molecule has 0 saturated carbocycles. The molecule has 0 radical (unpaired) electrons. The molecule has 3 rings (SSSR count). The van der Waals surface area contributed by atoms with Gasteiger partial charge in [0.15, 0.2) is 0 Å². The summed E-state index contributed by atoms with van der Waals surface area (Å²) in [6.45, 7) is 3.68. The normalized spacial score (nSPS) is 21.7. The second-order valence-corrected chi connectivity index (χ2v) is 5.48. The lowest BCUT2D eigenvalue weighted by molar-refractivity contribution is -0.121. The van der Waals surface area contributed by atoms with Crippen LogP contribution >= 0.6 is 0 Å². The number of aromatic nitrogens is 1. The summed E-state index contributed by atoms with van der Waals surface area (Å²) in [6, 6.07) is 8.32. The summed E-state index contributed by atoms with van der Waals surface area (Å²) in [5.41, 5.74) is 2.28. The predicted octanol–water partition coefficient (Wildman–Crippen LogP) is 1.36. The van der Waals surface area contributed by atoms with E-state index < -0.39 is 0 Å². The molecule has 0 bridgehead atoms. The highest BCUT2D eigenvalue weighted by molar-refractivity contribution is 5.92. The average molecular weight is 269 g/mol. The Hall–Kier alpha value is -1.87. The minimum absolute atomic E-state index is 0.154. The van der Waals surface area contributed by atoms with E-state index in [0.717, 1.165) is 10.9 Å². The molecule has 2 aromatic rings. The molecule has 20 heavy (non-hydrogen) atoms. The van der Waals surface area contributed by atoms with Crippen LogP contribution in [0.5, 0.6) is 0 Å². The van der Waals surface area contributed by atoms with Gasteiger partial charge in [-0.05, 0) is 31.6 Å². The highest BCUT2D eigenvalue weighted by Crippen LogP contribution is 2.23. The van der Waals surface area contributed by atoms with E-state index in [1.807, 2.05) is 19.1 Å². The molecule has 1 aliphatic carbocycles. The average Bonchev–Trinajstić information content (AvgIpc) is 2.72. The molecule has 104 valence electrons. The van der Waals surface area contributed by atoms with Crippen molar-refractivity contribution in [2.45, 2.75) is 20.0 Å². The molecular weight excluding hydrogens is 250 g/mol. The van der Waals surface area contributed by atoms with Crippen LogP contribution in [0.1, 0.15) is 13.8 Å². The molecule has 1 heterocycles. The molecule has 0 amide bonds. The minimum atomic E-state index is -0.185. The number of ether oxygens (including phenoxy) is 1. The minimum Gasteiger partial charge on any atom is -0.376 e. The number of benzene rings is 1. The molecule has 1 aromatic heterocycles. The van der Waals surface area contributed by atoms with Crippen LogP contribution in [0.3, 0.4) is 0 Å². The largest absolute Gasteiger partial charge is 0.376 e. The van der Waals surface area contributed by atoms with E-state index in [4.69, 9.17) is 4.74 Å². The van der Waals surface area contributed by atoms with Gasteiger partial charge in [0.2, 0.25) is 0 Å². The highest BCUT2D eigenvalue weighted by atomic mass is 16.5. The molecular formula is C17H19NO2. The van der Waals surface area contributed by atoms with Crippen LogP contribution in [0, 0.1) is 5.92 Å². The third-order valence-corrected chi connectivity index (χ3v) is 4.36. The number of methoxy groups -OCH3 is 1. The van der Waals surface area contributed by atoms with E-state index in [1.54, 1.807) is 14.0 Å². The van der Waals surface area contributed by atoms with Gasteiger partial charge in [0.1, 0.15) is 5.78 Å². The van der Waals surface area contributed by atoms with Gasteiger partial charge in [-0.2, -0.15) is 0 Å². The summed E-state index contributed by atoms with van der Waals surface area (Å²) < 4.78 is 7.72. The van der Waals surface area contributed by atoms with Gasteiger partial charge in [0.05, 0.1) is 12.0 Å². The number of hydrogen-bond donors (Lipinski definition) is 0. The third-order valence-electron chi connectivity index (χ3n) is 4.36. The Morgan fingerprint density at radius 3 is 2.65 bits per heavy atom. The fourth-order valence-electron chi connectivity index (χ4n) is 3.46. The monoisotopic (exact) mass is 269 g/mol. The first kappa shape index (κ1) is 13.1. The molecule has 1 aromatic carbocycles. The summed E-state index contributed by atoms with van der Waals surface area (Å²) in [5.74, 6) is -0.0305. The van der Waals surface area contributed by atoms with Gasteiger partial charge in [-0.3, -0.25) is 4.79 Å². The smallest absolute Gasteiger partial charge is 0.139 e. The van der Waals surface area contributed by atoms with Gasteiger partial charge >= 0.3 is 0 Å². The van der Waals surface area contributed by atoms with E-state index in [2.05, 4.69) is 29.8 Å². The Labute approximate surface area is 118 Å². The molecule has 0 N–H and O–H groups in total. The number of nitrogens with zero attached hydrogens (tertiary/aromatic N) is 1. The molecule has 2 unspecified atom stereocenters. The molecule has 1 aliphatic rings. The van der Waals surface area contributed by atoms with Crippen LogP contribution in [0.2, 0.25) is 0 Å². The van der Waals surface area contributed by atoms with Crippen molar-refractivity contribution in [1.82, 2.24) is 4.57 Å². The lowest BCUT2D eigenvalue weighted by Gasteiger charge is -2.25. The Morgan fingerprint density at radius 2 is 2.00 bits per heavy atom. The maximum Gasteiger partial charge on any atom is 0.139 e. The number of carbonyl (C=O) groups is 1. The first-order chi connectivity index (χ1) is 9.56. The van der Waals surface area contributed by atoms with E-state index >= 15 is 0 Å². The quantitative estimate of drug-likeness (QED) is 0.824. The first-order valence-electron chi connectivity index (χ1n) is 6.85. The van der Waals surface area contributed by atoms with Crippen molar-refractivity contribution in [3.05, 3.63) is 34.8 Å². The van der Waals surface area contributed by atoms with Crippen molar-refractivity contribution < 1.29 is 9.53 Å². The SMILES string of the molecule is COC1C=c2c(n(C)c3ccccc23)=C(C)C1C(C)=O. The lowest BCUT2D eigenvalue weighted by Crippen LogP contribution is -2.43. The zero-order chi connectivity index (χ0) is 14.4. The number of hydrogen-bond acceptors (Lipinski definition) is 2. The lowest BCUT2D eigenvalue weighted by atomic mass is 9.86. The number of ketones is 1. The number of aryl methyl sites for hydroxylation is 1. The summed E-state index contributed by atoms with van der Waals surface area (Å²) >= 11 is 0. The van der Waals surface area contributed by atoms with Gasteiger partial charge < -0.3 is 9.30 Å². The standard InChI is InChI=1S/C17H19NO2/c1-10-16(11(2)19)15(20-4)9-13-12-7-5-6-8-14(12)18(3)17(10)13/h5-9,15-16H,1-4H3. The predicted molar refractivity (Wildman–Crippen MR) is 80.7 cm³/mol. The van der Waals surface area contributed by atoms with Crippen LogP contribution in [0.25, 0.3) is 22.6 Å². The second-order valence-electron chi connectivity index (χ2n) is 5.48. The van der Waals surface area contributed by atoms with Gasteiger partial charge in [-0.25, -0.2) is 0 Å². The van der Waals surface area contributed by atoms with E-state index in [9.17, 15) is 4.79 Å². The Kier molecular flexibility index (Phi) is 3.02. The van der Waals surface area contributed by atoms with Crippen LogP contribution < -0.4 is 10.6 Å². The topological polar surface area (TPSA) is 31.2 Å². The highest BCUT2D eigenvalue weighted by Gasteiger charge is 2.30. The van der Waals surface area contributed by atoms with E-state index in [0.29, 0.717) is 0 Å². The summed E-state index contributed by atoms with van der Waals surface area (Å²) in [5, 5.41) is 3.55. The van der Waals surface area contributed by atoms with Gasteiger partial charge in [0.25, 0.3) is 0 Å². The van der Waals surface area contributed by atoms with Crippen molar-refractivity contribution >= 4 is 28.3 Å². The zero-order valence-corrected chi connectivity index (χ0v) is 12.3. The van der Waals surface area contributed by atoms with Crippen LogP contribution in [0.4, 0.5) is 0 Å². The van der Waals surface area contributed by atoms with Gasteiger partial charge in [-0.1, -0.05) is 18.2 Å². The van der Waals surface area contributed by atoms with Crippen molar-refractivity contribution in [2.24, 2.45) is 13.0 Å². The second kappa shape index (κ2) is 4.60. The number of rotatable bonds is 2. The van der Waals surface area contributed by atoms with Crippen molar-refractivity contribution in [3.8, 4) is 0 Å². The maximum absolute atomic E-state index is 12.0. The Balaban J connectivity index is 2.49. The zero-order valence-electron chi connectivity index (χ0n) is 12.3.